The van der Waals surface area contributed by atoms with Crippen molar-refractivity contribution in [2.24, 2.45) is 5.41 Å². The molecule has 1 unspecified atom stereocenters. The topological polar surface area (TPSA) is 12.0 Å². The van der Waals surface area contributed by atoms with Crippen LogP contribution >= 0.6 is 15.9 Å². The van der Waals surface area contributed by atoms with E-state index >= 15 is 0 Å². The summed E-state index contributed by atoms with van der Waals surface area (Å²) in [6.45, 7) is 8.02. The van der Waals surface area contributed by atoms with Crippen molar-refractivity contribution >= 4 is 15.9 Å². The van der Waals surface area contributed by atoms with Crippen LogP contribution in [0.1, 0.15) is 50.8 Å². The number of nitrogens with one attached hydrogen (secondary N) is 1. The fraction of sp³-hybridized carbons (Fsp3) is 0.600. The van der Waals surface area contributed by atoms with E-state index in [0.29, 0.717) is 11.5 Å². The molecule has 1 nitrogen and oxygen atoms in total. The number of fused-ring (bicyclic) bond motifs is 1. The third-order valence-corrected chi connectivity index (χ3v) is 4.74. The number of halogens is 1. The van der Waals surface area contributed by atoms with Crippen LogP contribution < -0.4 is 5.32 Å². The van der Waals surface area contributed by atoms with Gasteiger partial charge in [-0.1, -0.05) is 48.8 Å². The molecule has 0 amide bonds. The Morgan fingerprint density at radius 2 is 2.18 bits per heavy atom. The van der Waals surface area contributed by atoms with Gasteiger partial charge in [-0.3, -0.25) is 0 Å². The molecule has 1 aliphatic rings. The van der Waals surface area contributed by atoms with E-state index in [1.807, 2.05) is 0 Å². The summed E-state index contributed by atoms with van der Waals surface area (Å²) in [6.07, 6.45) is 3.65. The molecule has 0 aliphatic heterocycles. The van der Waals surface area contributed by atoms with Crippen LogP contribution in [0.25, 0.3) is 0 Å². The van der Waals surface area contributed by atoms with Crippen molar-refractivity contribution in [1.82, 2.24) is 5.32 Å². The molecule has 1 aliphatic carbocycles. The first-order chi connectivity index (χ1) is 8.03. The summed E-state index contributed by atoms with van der Waals surface area (Å²) in [5.41, 5.74) is 3.39. The minimum Gasteiger partial charge on any atom is -0.309 e. The van der Waals surface area contributed by atoms with Gasteiger partial charge in [0.1, 0.15) is 0 Å². The highest BCUT2D eigenvalue weighted by molar-refractivity contribution is 9.10. The Balaban J connectivity index is 2.05. The predicted octanol–water partition coefficient (Wildman–Crippen LogP) is 4.46. The van der Waals surface area contributed by atoms with E-state index in [2.05, 4.69) is 60.2 Å². The molecule has 1 aromatic rings. The van der Waals surface area contributed by atoms with Gasteiger partial charge in [0.05, 0.1) is 0 Å². The van der Waals surface area contributed by atoms with Crippen molar-refractivity contribution in [3.63, 3.8) is 0 Å². The summed E-state index contributed by atoms with van der Waals surface area (Å²) >= 11 is 3.65. The summed E-state index contributed by atoms with van der Waals surface area (Å²) < 4.78 is 1.27. The van der Waals surface area contributed by atoms with Crippen molar-refractivity contribution in [1.29, 1.82) is 0 Å². The largest absolute Gasteiger partial charge is 0.309 e. The molecule has 1 aromatic carbocycles. The van der Waals surface area contributed by atoms with E-state index in [1.165, 1.54) is 34.9 Å². The highest BCUT2D eigenvalue weighted by Crippen LogP contribution is 2.36. The first-order valence-corrected chi connectivity index (χ1v) is 7.33. The lowest BCUT2D eigenvalue weighted by molar-refractivity contribution is 0.309. The minimum atomic E-state index is 0.398. The second-order valence-electron chi connectivity index (χ2n) is 5.80. The summed E-state index contributed by atoms with van der Waals surface area (Å²) in [7, 11) is 0. The molecule has 2 rings (SSSR count). The standard InChI is InChI=1S/C15H22BrN/c1-4-15(2,3)10-17-14-9-8-11-12(14)6-5-7-13(11)16/h5-7,14,17H,4,8-10H2,1-3H3. The fourth-order valence-electron chi connectivity index (χ4n) is 2.35. The van der Waals surface area contributed by atoms with Crippen LogP contribution in [0.5, 0.6) is 0 Å². The van der Waals surface area contributed by atoms with Gasteiger partial charge in [0.25, 0.3) is 0 Å². The maximum atomic E-state index is 3.74. The Hall–Kier alpha value is -0.340. The summed E-state index contributed by atoms with van der Waals surface area (Å²) in [5, 5.41) is 3.74. The zero-order valence-electron chi connectivity index (χ0n) is 11.0. The van der Waals surface area contributed by atoms with Gasteiger partial charge in [-0.05, 0) is 41.9 Å². The van der Waals surface area contributed by atoms with Gasteiger partial charge in [0.2, 0.25) is 0 Å². The van der Waals surface area contributed by atoms with Crippen LogP contribution in [0.3, 0.4) is 0 Å². The Labute approximate surface area is 113 Å². The normalized spacial score (nSPS) is 19.4. The lowest BCUT2D eigenvalue weighted by atomic mass is 9.90. The lowest BCUT2D eigenvalue weighted by Crippen LogP contribution is -2.31. The van der Waals surface area contributed by atoms with E-state index in [9.17, 15) is 0 Å². The molecule has 0 saturated heterocycles. The van der Waals surface area contributed by atoms with E-state index < -0.39 is 0 Å². The van der Waals surface area contributed by atoms with Crippen molar-refractivity contribution in [3.8, 4) is 0 Å². The van der Waals surface area contributed by atoms with Crippen molar-refractivity contribution in [2.45, 2.75) is 46.1 Å². The second-order valence-corrected chi connectivity index (χ2v) is 6.65. The highest BCUT2D eigenvalue weighted by atomic mass is 79.9. The van der Waals surface area contributed by atoms with Crippen LogP contribution in [0, 0.1) is 5.41 Å². The van der Waals surface area contributed by atoms with Gasteiger partial charge < -0.3 is 5.32 Å². The molecule has 94 valence electrons. The zero-order chi connectivity index (χ0) is 12.5. The molecule has 2 heteroatoms. The van der Waals surface area contributed by atoms with Crippen molar-refractivity contribution in [3.05, 3.63) is 33.8 Å². The predicted molar refractivity (Wildman–Crippen MR) is 77.3 cm³/mol. The van der Waals surface area contributed by atoms with Crippen molar-refractivity contribution < 1.29 is 0 Å². The number of benzene rings is 1. The third-order valence-electron chi connectivity index (χ3n) is 4.00. The van der Waals surface area contributed by atoms with Crippen molar-refractivity contribution in [2.75, 3.05) is 6.54 Å². The summed E-state index contributed by atoms with van der Waals surface area (Å²) in [5.74, 6) is 0. The molecular formula is C15H22BrN. The van der Waals surface area contributed by atoms with Gasteiger partial charge >= 0.3 is 0 Å². The Kier molecular flexibility index (Phi) is 3.94. The summed E-state index contributed by atoms with van der Waals surface area (Å²) in [4.78, 5) is 0. The van der Waals surface area contributed by atoms with E-state index in [1.54, 1.807) is 0 Å². The molecule has 1 N–H and O–H groups in total. The fourth-order valence-corrected chi connectivity index (χ4v) is 2.93. The van der Waals surface area contributed by atoms with E-state index in [-0.39, 0.29) is 0 Å². The van der Waals surface area contributed by atoms with Crippen LogP contribution in [0.4, 0.5) is 0 Å². The second kappa shape index (κ2) is 5.11. The van der Waals surface area contributed by atoms with Gasteiger partial charge in [-0.2, -0.15) is 0 Å². The monoisotopic (exact) mass is 295 g/mol. The first kappa shape index (κ1) is 13.1. The lowest BCUT2D eigenvalue weighted by Gasteiger charge is -2.26. The zero-order valence-corrected chi connectivity index (χ0v) is 12.6. The van der Waals surface area contributed by atoms with Crippen LogP contribution in [0.15, 0.2) is 22.7 Å². The Bertz CT molecular complexity index is 398. The van der Waals surface area contributed by atoms with Gasteiger partial charge in [0.15, 0.2) is 0 Å². The molecule has 0 fully saturated rings. The molecule has 0 saturated carbocycles. The third kappa shape index (κ3) is 2.92. The van der Waals surface area contributed by atoms with Gasteiger partial charge in [0, 0.05) is 17.1 Å². The van der Waals surface area contributed by atoms with Crippen LogP contribution in [-0.4, -0.2) is 6.54 Å². The van der Waals surface area contributed by atoms with E-state index in [4.69, 9.17) is 0 Å². The summed E-state index contributed by atoms with van der Waals surface area (Å²) in [6, 6.07) is 7.11. The quantitative estimate of drug-likeness (QED) is 0.865. The molecule has 0 bridgehead atoms. The molecule has 0 spiro atoms. The highest BCUT2D eigenvalue weighted by Gasteiger charge is 2.25. The SMILES string of the molecule is CCC(C)(C)CNC1CCc2c(Br)cccc21. The number of hydrogen-bond donors (Lipinski definition) is 1. The Morgan fingerprint density at radius 1 is 1.41 bits per heavy atom. The van der Waals surface area contributed by atoms with Crippen LogP contribution in [-0.2, 0) is 6.42 Å². The maximum absolute atomic E-state index is 3.74. The average molecular weight is 296 g/mol. The molecular weight excluding hydrogens is 274 g/mol. The molecule has 17 heavy (non-hydrogen) atoms. The molecule has 1 atom stereocenters. The minimum absolute atomic E-state index is 0.398. The average Bonchev–Trinajstić information content (AvgIpc) is 2.71. The molecule has 0 radical (unpaired) electrons. The van der Waals surface area contributed by atoms with Gasteiger partial charge in [-0.25, -0.2) is 0 Å². The first-order valence-electron chi connectivity index (χ1n) is 6.54. The molecule has 0 heterocycles. The number of hydrogen-bond acceptors (Lipinski definition) is 1. The maximum Gasteiger partial charge on any atom is 0.0326 e. The van der Waals surface area contributed by atoms with Crippen LogP contribution in [0.2, 0.25) is 0 Å². The number of rotatable bonds is 4. The Morgan fingerprint density at radius 3 is 2.88 bits per heavy atom. The smallest absolute Gasteiger partial charge is 0.0326 e. The molecule has 0 aromatic heterocycles. The van der Waals surface area contributed by atoms with E-state index in [0.717, 1.165) is 6.54 Å². The van der Waals surface area contributed by atoms with Gasteiger partial charge in [-0.15, -0.1) is 0 Å².